The van der Waals surface area contributed by atoms with Crippen molar-refractivity contribution in [2.24, 2.45) is 5.41 Å². The first-order valence-corrected chi connectivity index (χ1v) is 10.6. The van der Waals surface area contributed by atoms with E-state index in [9.17, 15) is 13.9 Å². The number of ether oxygens (including phenoxy) is 1. The highest BCUT2D eigenvalue weighted by Gasteiger charge is 2.14. The average Bonchev–Trinajstić information content (AvgIpc) is 2.83. The Labute approximate surface area is 198 Å². The minimum Gasteiger partial charge on any atom is -0.512 e. The van der Waals surface area contributed by atoms with Crippen LogP contribution in [0.15, 0.2) is 54.3 Å². The van der Waals surface area contributed by atoms with Gasteiger partial charge in [0.1, 0.15) is 30.8 Å². The van der Waals surface area contributed by atoms with E-state index >= 15 is 0 Å². The minimum atomic E-state index is -0.596. The normalized spacial score (nSPS) is 9.79. The van der Waals surface area contributed by atoms with Gasteiger partial charge in [0, 0.05) is 18.2 Å². The van der Waals surface area contributed by atoms with Crippen molar-refractivity contribution in [1.29, 1.82) is 5.41 Å². The quantitative estimate of drug-likeness (QED) is 0.313. The van der Waals surface area contributed by atoms with Crippen LogP contribution in [0.4, 0.5) is 14.5 Å². The molecule has 2 aromatic rings. The second kappa shape index (κ2) is 20.7. The highest BCUT2D eigenvalue weighted by molar-refractivity contribution is 5.45. The van der Waals surface area contributed by atoms with Crippen LogP contribution in [0, 0.1) is 22.5 Å². The molecule has 7 heteroatoms. The molecule has 0 aliphatic heterocycles. The lowest BCUT2D eigenvalue weighted by atomic mass is 9.93. The summed E-state index contributed by atoms with van der Waals surface area (Å²) in [6.07, 6.45) is 2.75. The predicted molar refractivity (Wildman–Crippen MR) is 135 cm³/mol. The van der Waals surface area contributed by atoms with E-state index in [1.54, 1.807) is 12.1 Å². The fourth-order valence-corrected chi connectivity index (χ4v) is 2.04. The van der Waals surface area contributed by atoms with Crippen LogP contribution in [0.25, 0.3) is 0 Å². The molecule has 0 unspecified atom stereocenters. The van der Waals surface area contributed by atoms with Crippen LogP contribution in [-0.4, -0.2) is 25.7 Å². The van der Waals surface area contributed by atoms with Gasteiger partial charge in [-0.2, -0.15) is 0 Å². The van der Waals surface area contributed by atoms with Crippen molar-refractivity contribution in [2.45, 2.75) is 54.6 Å². The second-order valence-corrected chi connectivity index (χ2v) is 7.01. The molecule has 2 aromatic carbocycles. The number of benzene rings is 2. The molecule has 0 saturated heterocycles. The third kappa shape index (κ3) is 15.3. The Morgan fingerprint density at radius 2 is 1.52 bits per heavy atom. The maximum absolute atomic E-state index is 13.3. The first-order valence-electron chi connectivity index (χ1n) is 10.6. The number of halogens is 2. The molecule has 5 nitrogen and oxygen atoms in total. The van der Waals surface area contributed by atoms with Crippen LogP contribution in [0.2, 0.25) is 0 Å². The lowest BCUT2D eigenvalue weighted by molar-refractivity contribution is -0.0980. The SMILES string of the molecule is C=N.C=O.CC.CC/C=C(\O)C(C)(C)C.CNc1ccc(OCc2c(F)cccc2F)cc1. The van der Waals surface area contributed by atoms with Gasteiger partial charge in [0.25, 0.3) is 0 Å². The molecule has 0 radical (unpaired) electrons. The molecule has 0 fully saturated rings. The molecule has 0 amide bonds. The summed E-state index contributed by atoms with van der Waals surface area (Å²) < 4.78 is 32.0. The number of hydrogen-bond donors (Lipinski definition) is 3. The highest BCUT2D eigenvalue weighted by Crippen LogP contribution is 2.22. The maximum atomic E-state index is 13.3. The Morgan fingerprint density at radius 1 is 1.06 bits per heavy atom. The monoisotopic (exact) mass is 466 g/mol. The van der Waals surface area contributed by atoms with Crippen molar-refractivity contribution in [3.05, 3.63) is 71.5 Å². The summed E-state index contributed by atoms with van der Waals surface area (Å²) in [5.41, 5.74) is 0.811. The standard InChI is InChI=1S/C14H13F2NO.C8H16O.C2H6.CH3N.CH2O/c1-17-10-5-7-11(8-6-10)18-9-12-13(15)3-2-4-14(12)16;1-5-6-7(9)8(2,3)4;3*1-2/h2-8,17H,9H2,1H3;6,9H,5H2,1-4H3;1-2H3;2H,1H2;1H2/b;7-6-;;;. The van der Waals surface area contributed by atoms with Crippen LogP contribution in [0.5, 0.6) is 5.75 Å². The van der Waals surface area contributed by atoms with Gasteiger partial charge in [-0.1, -0.05) is 47.6 Å². The molecule has 0 spiro atoms. The van der Waals surface area contributed by atoms with E-state index in [0.29, 0.717) is 11.5 Å². The van der Waals surface area contributed by atoms with Gasteiger partial charge in [0.15, 0.2) is 0 Å². The molecule has 0 atom stereocenters. The van der Waals surface area contributed by atoms with Crippen molar-refractivity contribution in [1.82, 2.24) is 0 Å². The van der Waals surface area contributed by atoms with Crippen LogP contribution >= 0.6 is 0 Å². The lowest BCUT2D eigenvalue weighted by Crippen LogP contribution is -2.08. The molecule has 0 bridgehead atoms. The Morgan fingerprint density at radius 3 is 1.85 bits per heavy atom. The molecule has 186 valence electrons. The van der Waals surface area contributed by atoms with Crippen LogP contribution in [0.1, 0.15) is 53.5 Å². The van der Waals surface area contributed by atoms with Crippen LogP contribution < -0.4 is 10.1 Å². The number of allylic oxidation sites excluding steroid dienone is 2. The van der Waals surface area contributed by atoms with Crippen LogP contribution in [0.3, 0.4) is 0 Å². The molecule has 0 saturated carbocycles. The molecule has 0 aromatic heterocycles. The van der Waals surface area contributed by atoms with Crippen molar-refractivity contribution in [3.63, 3.8) is 0 Å². The zero-order valence-corrected chi connectivity index (χ0v) is 21.0. The number of nitrogens with one attached hydrogen (secondary N) is 2. The van der Waals surface area contributed by atoms with E-state index in [1.165, 1.54) is 18.2 Å². The predicted octanol–water partition coefficient (Wildman–Crippen LogP) is 7.58. The Hall–Kier alpha value is -3.22. The molecule has 0 heterocycles. The summed E-state index contributed by atoms with van der Waals surface area (Å²) in [5.74, 6) is -0.134. The third-order valence-electron chi connectivity index (χ3n) is 3.75. The van der Waals surface area contributed by atoms with Gasteiger partial charge >= 0.3 is 0 Å². The van der Waals surface area contributed by atoms with Gasteiger partial charge < -0.3 is 25.4 Å². The fraction of sp³-hybridized carbons (Fsp3) is 0.385. The minimum absolute atomic E-state index is 0.0600. The zero-order valence-electron chi connectivity index (χ0n) is 21.0. The van der Waals surface area contributed by atoms with Crippen LogP contribution in [-0.2, 0) is 11.4 Å². The number of aliphatic hydroxyl groups excluding tert-OH is 1. The van der Waals surface area contributed by atoms with Gasteiger partial charge in [-0.05, 0) is 55.6 Å². The summed E-state index contributed by atoms with van der Waals surface area (Å²) >= 11 is 0. The van der Waals surface area contributed by atoms with Gasteiger partial charge in [-0.25, -0.2) is 8.78 Å². The Bertz CT molecular complexity index is 752. The topological polar surface area (TPSA) is 82.4 Å². The van der Waals surface area contributed by atoms with Crippen molar-refractivity contribution >= 4 is 19.2 Å². The van der Waals surface area contributed by atoms with E-state index in [1.807, 2.05) is 73.6 Å². The summed E-state index contributed by atoms with van der Waals surface area (Å²) in [6.45, 7) is 16.4. The van der Waals surface area contributed by atoms with E-state index in [2.05, 4.69) is 12.0 Å². The third-order valence-corrected chi connectivity index (χ3v) is 3.75. The van der Waals surface area contributed by atoms with Gasteiger partial charge in [0.05, 0.1) is 11.3 Å². The Balaban J connectivity index is -0.000000509. The number of anilines is 1. The number of hydrogen-bond acceptors (Lipinski definition) is 5. The number of carbonyl (C=O) groups is 1. The van der Waals surface area contributed by atoms with Gasteiger partial charge in [0.2, 0.25) is 0 Å². The first kappa shape index (κ1) is 34.4. The second-order valence-electron chi connectivity index (χ2n) is 7.01. The largest absolute Gasteiger partial charge is 0.512 e. The van der Waals surface area contributed by atoms with Crippen molar-refractivity contribution in [3.8, 4) is 5.75 Å². The summed E-state index contributed by atoms with van der Waals surface area (Å²) in [7, 11) is 1.81. The fourth-order valence-electron chi connectivity index (χ4n) is 2.04. The molecule has 0 aliphatic rings. The lowest BCUT2D eigenvalue weighted by Gasteiger charge is -2.16. The van der Waals surface area contributed by atoms with Crippen molar-refractivity contribution < 1.29 is 23.4 Å². The molecular formula is C26H40F2N2O3. The average molecular weight is 467 g/mol. The number of rotatable bonds is 5. The summed E-state index contributed by atoms with van der Waals surface area (Å²) in [6, 6.07) is 10.9. The first-order chi connectivity index (χ1) is 15.7. The molecule has 33 heavy (non-hydrogen) atoms. The van der Waals surface area contributed by atoms with E-state index in [0.717, 1.165) is 12.1 Å². The smallest absolute Gasteiger partial charge is 0.132 e. The molecule has 3 N–H and O–H groups in total. The molecular weight excluding hydrogens is 426 g/mol. The summed E-state index contributed by atoms with van der Waals surface area (Å²) in [5, 5.41) is 17.7. The van der Waals surface area contributed by atoms with Gasteiger partial charge in [-0.15, -0.1) is 0 Å². The van der Waals surface area contributed by atoms with Crippen molar-refractivity contribution in [2.75, 3.05) is 12.4 Å². The Kier molecular flexibility index (Phi) is 21.5. The highest BCUT2D eigenvalue weighted by atomic mass is 19.1. The van der Waals surface area contributed by atoms with E-state index in [4.69, 9.17) is 14.9 Å². The molecule has 0 aliphatic carbocycles. The number of carbonyl (C=O) groups excluding carboxylic acids is 1. The maximum Gasteiger partial charge on any atom is 0.132 e. The molecule has 2 rings (SSSR count). The van der Waals surface area contributed by atoms with Gasteiger partial charge in [-0.3, -0.25) is 0 Å². The van der Waals surface area contributed by atoms with E-state index in [-0.39, 0.29) is 17.6 Å². The number of aliphatic hydroxyl groups is 1. The zero-order chi connectivity index (χ0) is 26.4. The summed E-state index contributed by atoms with van der Waals surface area (Å²) in [4.78, 5) is 8.00. The van der Waals surface area contributed by atoms with E-state index < -0.39 is 11.6 Å².